The Morgan fingerprint density at radius 3 is 2.81 bits per heavy atom. The molecule has 0 aliphatic heterocycles. The molecule has 6 nitrogen and oxygen atoms in total. The molecule has 0 unspecified atom stereocenters. The van der Waals surface area contributed by atoms with E-state index in [1.807, 2.05) is 38.4 Å². The number of benzene rings is 1. The number of nitrogens with zero attached hydrogens (tertiary/aromatic N) is 4. The molecule has 0 radical (unpaired) electrons. The molecule has 110 valence electrons. The molecule has 6 heteroatoms. The number of anilines is 1. The predicted octanol–water partition coefficient (Wildman–Crippen LogP) is 1.49. The minimum atomic E-state index is 0.307. The first kappa shape index (κ1) is 15.2. The topological polar surface area (TPSA) is 74.1 Å². The van der Waals surface area contributed by atoms with Crippen molar-refractivity contribution >= 4 is 16.6 Å². The van der Waals surface area contributed by atoms with Gasteiger partial charge < -0.3 is 15.0 Å². The van der Waals surface area contributed by atoms with Crippen LogP contribution in [0.1, 0.15) is 5.69 Å². The molecule has 0 aliphatic rings. The van der Waals surface area contributed by atoms with Crippen LogP contribution in [0.4, 0.5) is 5.69 Å². The first-order valence-electron chi connectivity index (χ1n) is 6.84. The Morgan fingerprint density at radius 1 is 1.24 bits per heavy atom. The van der Waals surface area contributed by atoms with Gasteiger partial charge in [0.25, 0.3) is 0 Å². The third-order valence-corrected chi connectivity index (χ3v) is 3.00. The maximum absolute atomic E-state index is 9.15. The van der Waals surface area contributed by atoms with Crippen molar-refractivity contribution in [2.75, 3.05) is 45.7 Å². The number of hydrogen-bond acceptors (Lipinski definition) is 6. The summed E-state index contributed by atoms with van der Waals surface area (Å²) >= 11 is 0. The Morgan fingerprint density at radius 2 is 2.05 bits per heavy atom. The normalized spacial score (nSPS) is 10.8. The van der Waals surface area contributed by atoms with Gasteiger partial charge in [0.1, 0.15) is 6.07 Å². The highest BCUT2D eigenvalue weighted by molar-refractivity contribution is 5.92. The predicted molar refractivity (Wildman–Crippen MR) is 82.1 cm³/mol. The van der Waals surface area contributed by atoms with Crippen LogP contribution in [0.15, 0.2) is 24.3 Å². The molecule has 1 aromatic carbocycles. The molecule has 2 aromatic rings. The van der Waals surface area contributed by atoms with Gasteiger partial charge in [0.15, 0.2) is 5.69 Å². The molecule has 0 bridgehead atoms. The van der Waals surface area contributed by atoms with Gasteiger partial charge in [-0.15, -0.1) is 10.2 Å². The van der Waals surface area contributed by atoms with Crippen molar-refractivity contribution in [2.24, 2.45) is 0 Å². The van der Waals surface area contributed by atoms with Crippen LogP contribution in [-0.2, 0) is 4.74 Å². The molecule has 0 saturated carbocycles. The Labute approximate surface area is 124 Å². The van der Waals surface area contributed by atoms with E-state index in [-0.39, 0.29) is 0 Å². The lowest BCUT2D eigenvalue weighted by Crippen LogP contribution is -2.20. The monoisotopic (exact) mass is 285 g/mol. The first-order chi connectivity index (χ1) is 10.2. The second-order valence-corrected chi connectivity index (χ2v) is 4.89. The summed E-state index contributed by atoms with van der Waals surface area (Å²) in [5, 5.41) is 21.3. The number of rotatable bonds is 7. The SMILES string of the molecule is CN(C)CCOCCNc1c(C#N)nnc2ccccc12. The zero-order valence-electron chi connectivity index (χ0n) is 12.3. The fraction of sp³-hybridized carbons (Fsp3) is 0.400. The second-order valence-electron chi connectivity index (χ2n) is 4.89. The van der Waals surface area contributed by atoms with E-state index < -0.39 is 0 Å². The van der Waals surface area contributed by atoms with E-state index in [1.54, 1.807) is 0 Å². The minimum Gasteiger partial charge on any atom is -0.380 e. The third kappa shape index (κ3) is 4.12. The molecule has 0 aliphatic carbocycles. The highest BCUT2D eigenvalue weighted by atomic mass is 16.5. The molecule has 0 spiro atoms. The molecule has 1 aromatic heterocycles. The second kappa shape index (κ2) is 7.53. The van der Waals surface area contributed by atoms with E-state index in [4.69, 9.17) is 10.00 Å². The van der Waals surface area contributed by atoms with Crippen LogP contribution in [0.5, 0.6) is 0 Å². The summed E-state index contributed by atoms with van der Waals surface area (Å²) in [4.78, 5) is 2.07. The maximum atomic E-state index is 9.15. The first-order valence-corrected chi connectivity index (χ1v) is 6.84. The van der Waals surface area contributed by atoms with E-state index in [0.717, 1.165) is 23.1 Å². The number of nitrogens with one attached hydrogen (secondary N) is 1. The van der Waals surface area contributed by atoms with Crippen molar-refractivity contribution in [1.29, 1.82) is 5.26 Å². The molecule has 0 atom stereocenters. The number of ether oxygens (including phenoxy) is 1. The van der Waals surface area contributed by atoms with Crippen molar-refractivity contribution in [2.45, 2.75) is 0 Å². The van der Waals surface area contributed by atoms with Gasteiger partial charge in [-0.3, -0.25) is 0 Å². The van der Waals surface area contributed by atoms with Gasteiger partial charge in [-0.05, 0) is 20.2 Å². The van der Waals surface area contributed by atoms with E-state index in [9.17, 15) is 0 Å². The summed E-state index contributed by atoms with van der Waals surface area (Å²) in [5.74, 6) is 0. The van der Waals surface area contributed by atoms with Gasteiger partial charge in [0, 0.05) is 18.5 Å². The van der Waals surface area contributed by atoms with Crippen molar-refractivity contribution in [3.63, 3.8) is 0 Å². The lowest BCUT2D eigenvalue weighted by atomic mass is 10.1. The molecule has 1 heterocycles. The van der Waals surface area contributed by atoms with Crippen molar-refractivity contribution in [3.05, 3.63) is 30.0 Å². The summed E-state index contributed by atoms with van der Waals surface area (Å²) in [6.07, 6.45) is 0. The zero-order valence-corrected chi connectivity index (χ0v) is 12.3. The fourth-order valence-corrected chi connectivity index (χ4v) is 1.91. The number of fused-ring (bicyclic) bond motifs is 1. The number of hydrogen-bond donors (Lipinski definition) is 1. The van der Waals surface area contributed by atoms with E-state index in [2.05, 4.69) is 26.5 Å². The molecular weight excluding hydrogens is 266 g/mol. The number of nitriles is 1. The third-order valence-electron chi connectivity index (χ3n) is 3.00. The van der Waals surface area contributed by atoms with Gasteiger partial charge in [-0.2, -0.15) is 5.26 Å². The van der Waals surface area contributed by atoms with Crippen LogP contribution in [0.3, 0.4) is 0 Å². The van der Waals surface area contributed by atoms with Crippen LogP contribution in [-0.4, -0.2) is 55.5 Å². The highest BCUT2D eigenvalue weighted by Gasteiger charge is 2.09. The molecule has 21 heavy (non-hydrogen) atoms. The average molecular weight is 285 g/mol. The lowest BCUT2D eigenvalue weighted by molar-refractivity contribution is 0.126. The van der Waals surface area contributed by atoms with Crippen molar-refractivity contribution in [3.8, 4) is 6.07 Å². The zero-order chi connectivity index (χ0) is 15.1. The van der Waals surface area contributed by atoms with Crippen molar-refractivity contribution < 1.29 is 4.74 Å². The summed E-state index contributed by atoms with van der Waals surface area (Å²) < 4.78 is 5.53. The van der Waals surface area contributed by atoms with E-state index in [1.165, 1.54) is 0 Å². The number of aromatic nitrogens is 2. The minimum absolute atomic E-state index is 0.307. The highest BCUT2D eigenvalue weighted by Crippen LogP contribution is 2.23. The fourth-order valence-electron chi connectivity index (χ4n) is 1.91. The van der Waals surface area contributed by atoms with Crippen LogP contribution in [0.2, 0.25) is 0 Å². The molecule has 1 N–H and O–H groups in total. The standard InChI is InChI=1S/C15H19N5O/c1-20(2)8-10-21-9-7-17-15-12-5-3-4-6-13(12)18-19-14(15)11-16/h3-6H,7-10H2,1-2H3,(H,17,18). The largest absolute Gasteiger partial charge is 0.380 e. The quantitative estimate of drug-likeness (QED) is 0.777. The Kier molecular flexibility index (Phi) is 5.43. The maximum Gasteiger partial charge on any atom is 0.186 e. The summed E-state index contributed by atoms with van der Waals surface area (Å²) in [6.45, 7) is 2.78. The Balaban J connectivity index is 1.99. The van der Waals surface area contributed by atoms with Gasteiger partial charge in [-0.25, -0.2) is 0 Å². The number of likely N-dealkylation sites (N-methyl/N-ethyl adjacent to an activating group) is 1. The van der Waals surface area contributed by atoms with Gasteiger partial charge in [-0.1, -0.05) is 18.2 Å². The summed E-state index contributed by atoms with van der Waals surface area (Å²) in [6, 6.07) is 9.70. The van der Waals surface area contributed by atoms with Crippen LogP contribution >= 0.6 is 0 Å². The van der Waals surface area contributed by atoms with Gasteiger partial charge in [0.05, 0.1) is 24.4 Å². The Bertz CT molecular complexity index is 635. The summed E-state index contributed by atoms with van der Waals surface area (Å²) in [7, 11) is 4.02. The molecular formula is C15H19N5O. The van der Waals surface area contributed by atoms with E-state index >= 15 is 0 Å². The van der Waals surface area contributed by atoms with E-state index in [0.29, 0.717) is 25.5 Å². The van der Waals surface area contributed by atoms with Crippen molar-refractivity contribution in [1.82, 2.24) is 15.1 Å². The van der Waals surface area contributed by atoms with Crippen LogP contribution in [0.25, 0.3) is 10.9 Å². The molecule has 0 fully saturated rings. The Hall–Kier alpha value is -2.23. The molecule has 0 saturated heterocycles. The van der Waals surface area contributed by atoms with Gasteiger partial charge in [0.2, 0.25) is 0 Å². The van der Waals surface area contributed by atoms with Gasteiger partial charge >= 0.3 is 0 Å². The summed E-state index contributed by atoms with van der Waals surface area (Å²) in [5.41, 5.74) is 1.80. The molecule has 2 rings (SSSR count). The van der Waals surface area contributed by atoms with Crippen LogP contribution in [0, 0.1) is 11.3 Å². The molecule has 0 amide bonds. The smallest absolute Gasteiger partial charge is 0.186 e. The average Bonchev–Trinajstić information content (AvgIpc) is 2.50. The lowest BCUT2D eigenvalue weighted by Gasteiger charge is -2.12. The van der Waals surface area contributed by atoms with Crippen LogP contribution < -0.4 is 5.32 Å².